The number of ether oxygens (including phenoxy) is 1. The zero-order valence-electron chi connectivity index (χ0n) is 17.6. The van der Waals surface area contributed by atoms with Crippen LogP contribution in [0.2, 0.25) is 5.02 Å². The van der Waals surface area contributed by atoms with Gasteiger partial charge in [-0.15, -0.1) is 0 Å². The van der Waals surface area contributed by atoms with Crippen molar-refractivity contribution >= 4 is 23.0 Å². The number of rotatable bonds is 5. The van der Waals surface area contributed by atoms with Crippen molar-refractivity contribution < 1.29 is 9.66 Å². The lowest BCUT2D eigenvalue weighted by Gasteiger charge is -2.37. The summed E-state index contributed by atoms with van der Waals surface area (Å²) in [4.78, 5) is 10.9. The van der Waals surface area contributed by atoms with Crippen LogP contribution in [-0.2, 0) is 6.61 Å². The molecule has 3 aromatic rings. The second-order valence-electron chi connectivity index (χ2n) is 8.25. The molecule has 33 heavy (non-hydrogen) atoms. The summed E-state index contributed by atoms with van der Waals surface area (Å²) in [5.41, 5.74) is 3.74. The predicted molar refractivity (Wildman–Crippen MR) is 126 cm³/mol. The average Bonchev–Trinajstić information content (AvgIpc) is 3.33. The molecule has 0 radical (unpaired) electrons. The Morgan fingerprint density at radius 3 is 2.70 bits per heavy atom. The van der Waals surface area contributed by atoms with E-state index in [0.29, 0.717) is 22.9 Å². The molecule has 0 bridgehead atoms. The molecule has 0 aromatic heterocycles. The van der Waals surface area contributed by atoms with E-state index in [-0.39, 0.29) is 23.6 Å². The second kappa shape index (κ2) is 8.61. The van der Waals surface area contributed by atoms with Crippen molar-refractivity contribution in [2.24, 2.45) is 5.92 Å². The highest BCUT2D eigenvalue weighted by molar-refractivity contribution is 6.31. The largest absolute Gasteiger partial charge is 0.489 e. The van der Waals surface area contributed by atoms with Crippen LogP contribution in [-0.4, -0.2) is 4.92 Å². The average molecular weight is 458 g/mol. The number of nitro benzene ring substituents is 1. The minimum absolute atomic E-state index is 0.0226. The zero-order valence-corrected chi connectivity index (χ0v) is 18.3. The summed E-state index contributed by atoms with van der Waals surface area (Å²) in [6.45, 7) is 0.382. The van der Waals surface area contributed by atoms with Crippen molar-refractivity contribution in [2.45, 2.75) is 25.0 Å². The summed E-state index contributed by atoms with van der Waals surface area (Å²) in [7, 11) is 0. The number of hydrogen-bond acceptors (Lipinski definition) is 5. The number of nitro groups is 1. The van der Waals surface area contributed by atoms with Crippen LogP contribution >= 0.6 is 11.6 Å². The van der Waals surface area contributed by atoms with Crippen molar-refractivity contribution in [3.8, 4) is 11.8 Å². The van der Waals surface area contributed by atoms with Crippen LogP contribution in [0.3, 0.4) is 0 Å². The Balaban J connectivity index is 1.41. The van der Waals surface area contributed by atoms with Gasteiger partial charge in [-0.25, -0.2) is 0 Å². The van der Waals surface area contributed by atoms with Crippen molar-refractivity contribution in [3.05, 3.63) is 110 Å². The van der Waals surface area contributed by atoms with E-state index in [1.54, 1.807) is 6.07 Å². The Bertz CT molecular complexity index is 1300. The number of halogens is 1. The smallest absolute Gasteiger partial charge is 0.271 e. The first-order valence-corrected chi connectivity index (χ1v) is 11.0. The number of nitriles is 1. The zero-order chi connectivity index (χ0) is 22.9. The van der Waals surface area contributed by atoms with Gasteiger partial charge in [-0.3, -0.25) is 10.1 Å². The van der Waals surface area contributed by atoms with Gasteiger partial charge in [0.05, 0.1) is 22.2 Å². The van der Waals surface area contributed by atoms with Gasteiger partial charge < -0.3 is 10.1 Å². The lowest BCUT2D eigenvalue weighted by atomic mass is 9.76. The fourth-order valence-corrected chi connectivity index (χ4v) is 4.95. The molecule has 6 nitrogen and oxygen atoms in total. The molecule has 3 aromatic carbocycles. The molecule has 1 heterocycles. The lowest BCUT2D eigenvalue weighted by Crippen LogP contribution is -2.29. The van der Waals surface area contributed by atoms with E-state index in [4.69, 9.17) is 16.3 Å². The number of nitrogens with one attached hydrogen (secondary N) is 1. The molecule has 1 N–H and O–H groups in total. The molecular weight excluding hydrogens is 438 g/mol. The third kappa shape index (κ3) is 3.92. The van der Waals surface area contributed by atoms with Gasteiger partial charge in [0.2, 0.25) is 0 Å². The van der Waals surface area contributed by atoms with Gasteiger partial charge in [0.25, 0.3) is 5.69 Å². The number of fused-ring (bicyclic) bond motifs is 3. The van der Waals surface area contributed by atoms with E-state index in [2.05, 4.69) is 23.5 Å². The van der Waals surface area contributed by atoms with Crippen LogP contribution in [0.5, 0.6) is 5.75 Å². The highest BCUT2D eigenvalue weighted by Crippen LogP contribution is 2.51. The highest BCUT2D eigenvalue weighted by Gasteiger charge is 2.39. The van der Waals surface area contributed by atoms with Crippen molar-refractivity contribution in [1.82, 2.24) is 0 Å². The van der Waals surface area contributed by atoms with E-state index >= 15 is 0 Å². The Hall–Kier alpha value is -3.82. The quantitative estimate of drug-likeness (QED) is 0.267. The van der Waals surface area contributed by atoms with Crippen LogP contribution in [0.25, 0.3) is 0 Å². The molecule has 0 saturated heterocycles. The maximum Gasteiger partial charge on any atom is 0.271 e. The van der Waals surface area contributed by atoms with Crippen molar-refractivity contribution in [1.29, 1.82) is 5.26 Å². The minimum atomic E-state index is -0.442. The number of non-ortho nitro benzene ring substituents is 1. The van der Waals surface area contributed by atoms with Gasteiger partial charge in [-0.2, -0.15) is 5.26 Å². The fraction of sp³-hybridized carbons (Fsp3) is 0.192. The maximum absolute atomic E-state index is 11.4. The van der Waals surface area contributed by atoms with Gasteiger partial charge in [0, 0.05) is 28.6 Å². The highest BCUT2D eigenvalue weighted by atomic mass is 35.5. The molecular formula is C26H20ClN3O3. The summed E-state index contributed by atoms with van der Waals surface area (Å²) < 4.78 is 5.91. The Morgan fingerprint density at radius 2 is 1.97 bits per heavy atom. The van der Waals surface area contributed by atoms with Gasteiger partial charge in [-0.1, -0.05) is 54.1 Å². The topological polar surface area (TPSA) is 88.2 Å². The Labute approximate surface area is 196 Å². The second-order valence-corrected chi connectivity index (χ2v) is 8.66. The summed E-state index contributed by atoms with van der Waals surface area (Å²) in [6.07, 6.45) is 5.07. The molecule has 1 aliphatic heterocycles. The number of nitrogens with zero attached hydrogens (tertiary/aromatic N) is 2. The van der Waals surface area contributed by atoms with Gasteiger partial charge in [0.15, 0.2) is 0 Å². The van der Waals surface area contributed by atoms with Crippen molar-refractivity contribution in [3.63, 3.8) is 0 Å². The maximum atomic E-state index is 11.4. The number of allylic oxidation sites excluding steroid dienone is 2. The number of anilines is 1. The van der Waals surface area contributed by atoms with Crippen LogP contribution in [0.1, 0.15) is 40.6 Å². The molecule has 164 valence electrons. The molecule has 0 spiro atoms. The normalized spacial score (nSPS) is 20.3. The molecule has 0 amide bonds. The fourth-order valence-electron chi connectivity index (χ4n) is 4.76. The molecule has 7 heteroatoms. The molecule has 0 unspecified atom stereocenters. The summed E-state index contributed by atoms with van der Waals surface area (Å²) in [5, 5.41) is 25.2. The minimum Gasteiger partial charge on any atom is -0.489 e. The summed E-state index contributed by atoms with van der Waals surface area (Å²) >= 11 is 6.21. The molecule has 5 rings (SSSR count). The van der Waals surface area contributed by atoms with E-state index in [9.17, 15) is 15.4 Å². The lowest BCUT2D eigenvalue weighted by molar-refractivity contribution is -0.384. The molecule has 0 fully saturated rings. The van der Waals surface area contributed by atoms with Crippen LogP contribution in [0.4, 0.5) is 11.4 Å². The Kier molecular flexibility index (Phi) is 5.49. The third-order valence-corrected chi connectivity index (χ3v) is 6.75. The first-order chi connectivity index (χ1) is 16.0. The van der Waals surface area contributed by atoms with E-state index < -0.39 is 4.92 Å². The van der Waals surface area contributed by atoms with Gasteiger partial charge >= 0.3 is 0 Å². The van der Waals surface area contributed by atoms with Crippen LogP contribution in [0, 0.1) is 27.4 Å². The SMILES string of the molecule is N#Cc1cc([N+](=O)[O-])cc2c1N[C@@H](c1ccc(OCc3ccccc3Cl)cc1)[C@H]1CC=C[C@@H]21. The van der Waals surface area contributed by atoms with E-state index in [1.807, 2.05) is 48.5 Å². The Morgan fingerprint density at radius 1 is 1.18 bits per heavy atom. The summed E-state index contributed by atoms with van der Waals surface area (Å²) in [5.74, 6) is 0.972. The van der Waals surface area contributed by atoms with Gasteiger partial charge in [0.1, 0.15) is 18.4 Å². The van der Waals surface area contributed by atoms with Crippen molar-refractivity contribution in [2.75, 3.05) is 5.32 Å². The molecule has 3 atom stereocenters. The predicted octanol–water partition coefficient (Wildman–Crippen LogP) is 6.53. The molecule has 1 aliphatic carbocycles. The van der Waals surface area contributed by atoms with E-state index in [0.717, 1.165) is 28.9 Å². The first-order valence-electron chi connectivity index (χ1n) is 10.7. The molecule has 2 aliphatic rings. The number of benzene rings is 3. The monoisotopic (exact) mass is 457 g/mol. The third-order valence-electron chi connectivity index (χ3n) is 6.38. The van der Waals surface area contributed by atoms with Gasteiger partial charge in [-0.05, 0) is 41.7 Å². The molecule has 0 saturated carbocycles. The summed E-state index contributed by atoms with van der Waals surface area (Å²) in [6, 6.07) is 20.5. The van der Waals surface area contributed by atoms with Crippen LogP contribution < -0.4 is 10.1 Å². The van der Waals surface area contributed by atoms with E-state index in [1.165, 1.54) is 6.07 Å². The van der Waals surface area contributed by atoms with Crippen LogP contribution in [0.15, 0.2) is 72.8 Å². The first kappa shape index (κ1) is 21.0. The number of hydrogen-bond donors (Lipinski definition) is 1. The standard InChI is InChI=1S/C26H20ClN3O3/c27-24-7-2-1-4-17(24)15-33-20-10-8-16(9-11-20)25-22-6-3-5-21(22)23-13-19(30(31)32)12-18(14-28)26(23)29-25/h1-5,7-13,21-22,25,29H,6,15H2/t21-,22+,25+/m1/s1.